The summed E-state index contributed by atoms with van der Waals surface area (Å²) in [4.78, 5) is 10.0. The Bertz CT molecular complexity index is 139. The molecule has 1 aliphatic heterocycles. The average Bonchev–Trinajstić information content (AvgIpc) is 2.13. The lowest BCUT2D eigenvalue weighted by Crippen LogP contribution is -2.40. The molecule has 1 amide bonds. The second kappa shape index (κ2) is 2.85. The molecule has 5 nitrogen and oxygen atoms in total. The molecule has 0 aromatic heterocycles. The lowest BCUT2D eigenvalue weighted by atomic mass is 10.3. The van der Waals surface area contributed by atoms with Crippen molar-refractivity contribution in [1.29, 1.82) is 0 Å². The number of carbonyl (C=O) groups is 1. The number of nitrogens with one attached hydrogen (secondary N) is 1. The molecule has 5 heteroatoms. The minimum atomic E-state index is -1.07. The van der Waals surface area contributed by atoms with E-state index in [9.17, 15) is 4.79 Å². The number of nitrogens with zero attached hydrogens (tertiary/aromatic N) is 1. The first-order valence-electron chi connectivity index (χ1n) is 3.11. The summed E-state index contributed by atoms with van der Waals surface area (Å²) in [5, 5.41) is 18.6. The van der Waals surface area contributed by atoms with Crippen molar-refractivity contribution in [1.82, 2.24) is 10.4 Å². The van der Waals surface area contributed by atoms with E-state index >= 15 is 0 Å². The number of rotatable bonds is 1. The summed E-state index contributed by atoms with van der Waals surface area (Å²) in [6, 6.07) is 0. The third kappa shape index (κ3) is 1.85. The molecule has 1 heterocycles. The summed E-state index contributed by atoms with van der Waals surface area (Å²) in [7, 11) is 0. The Hall–Kier alpha value is -0.810. The maximum absolute atomic E-state index is 10.0. The van der Waals surface area contributed by atoms with Gasteiger partial charge in [0.1, 0.15) is 0 Å². The van der Waals surface area contributed by atoms with E-state index in [1.165, 1.54) is 5.01 Å². The highest BCUT2D eigenvalue weighted by molar-refractivity contribution is 5.63. The molecule has 1 atom stereocenters. The Morgan fingerprint density at radius 3 is 2.80 bits per heavy atom. The largest absolute Gasteiger partial charge is 0.464 e. The second-order valence-electron chi connectivity index (χ2n) is 2.31. The van der Waals surface area contributed by atoms with E-state index in [-0.39, 0.29) is 6.10 Å². The molecular weight excluding hydrogens is 136 g/mol. The van der Waals surface area contributed by atoms with Gasteiger partial charge in [-0.2, -0.15) is 0 Å². The van der Waals surface area contributed by atoms with Gasteiger partial charge in [0.05, 0.1) is 6.10 Å². The monoisotopic (exact) mass is 146 g/mol. The van der Waals surface area contributed by atoms with Gasteiger partial charge in [-0.15, -0.1) is 0 Å². The van der Waals surface area contributed by atoms with Crippen LogP contribution < -0.4 is 5.43 Å². The van der Waals surface area contributed by atoms with E-state index in [1.54, 1.807) is 0 Å². The van der Waals surface area contributed by atoms with E-state index in [4.69, 9.17) is 10.2 Å². The number of aliphatic hydroxyl groups is 1. The van der Waals surface area contributed by atoms with E-state index in [0.29, 0.717) is 19.5 Å². The summed E-state index contributed by atoms with van der Waals surface area (Å²) in [5.41, 5.74) is 2.16. The number of amides is 1. The predicted octanol–water partition coefficient (Wildman–Crippen LogP) is -0.764. The van der Waals surface area contributed by atoms with Crippen LogP contribution in [0.2, 0.25) is 0 Å². The van der Waals surface area contributed by atoms with Crippen LogP contribution in [-0.2, 0) is 0 Å². The summed E-state index contributed by atoms with van der Waals surface area (Å²) < 4.78 is 0. The van der Waals surface area contributed by atoms with Gasteiger partial charge in [-0.05, 0) is 6.42 Å². The minimum absolute atomic E-state index is 0.383. The first kappa shape index (κ1) is 7.30. The van der Waals surface area contributed by atoms with Crippen LogP contribution >= 0.6 is 0 Å². The van der Waals surface area contributed by atoms with Crippen molar-refractivity contribution in [3.8, 4) is 0 Å². The van der Waals surface area contributed by atoms with Crippen LogP contribution in [0.5, 0.6) is 0 Å². The predicted molar refractivity (Wildman–Crippen MR) is 33.4 cm³/mol. The number of hydrogen-bond donors (Lipinski definition) is 3. The molecule has 0 aromatic carbocycles. The molecule has 0 saturated carbocycles. The van der Waals surface area contributed by atoms with Crippen LogP contribution in [-0.4, -0.2) is 40.5 Å². The quantitative estimate of drug-likeness (QED) is 0.454. The molecule has 10 heavy (non-hydrogen) atoms. The Morgan fingerprint density at radius 1 is 1.70 bits per heavy atom. The smallest absolute Gasteiger partial charge is 0.419 e. The van der Waals surface area contributed by atoms with Gasteiger partial charge in [0.15, 0.2) is 0 Å². The van der Waals surface area contributed by atoms with Crippen molar-refractivity contribution in [2.24, 2.45) is 0 Å². The normalized spacial score (nSPS) is 26.7. The SMILES string of the molecule is O=C(O)NN1CCC(O)C1. The fraction of sp³-hybridized carbons (Fsp3) is 0.800. The standard InChI is InChI=1S/C5H10N2O3/c8-4-1-2-7(3-4)6-5(9)10/h4,6,8H,1-3H2,(H,9,10). The molecule has 1 unspecified atom stereocenters. The fourth-order valence-electron chi connectivity index (χ4n) is 0.979. The molecule has 58 valence electrons. The number of β-amino-alcohol motifs (C(OH)–C–C–N with tert-alkyl or cyclic N) is 1. The Morgan fingerprint density at radius 2 is 2.40 bits per heavy atom. The van der Waals surface area contributed by atoms with Gasteiger partial charge in [0.25, 0.3) is 0 Å². The van der Waals surface area contributed by atoms with Crippen LogP contribution in [0.3, 0.4) is 0 Å². The van der Waals surface area contributed by atoms with Crippen molar-refractivity contribution >= 4 is 6.09 Å². The first-order chi connectivity index (χ1) is 4.68. The second-order valence-corrected chi connectivity index (χ2v) is 2.31. The van der Waals surface area contributed by atoms with Crippen molar-refractivity contribution in [2.45, 2.75) is 12.5 Å². The van der Waals surface area contributed by atoms with Crippen LogP contribution in [0, 0.1) is 0 Å². The van der Waals surface area contributed by atoms with Crippen molar-refractivity contribution in [3.05, 3.63) is 0 Å². The van der Waals surface area contributed by atoms with Gasteiger partial charge in [-0.1, -0.05) is 0 Å². The third-order valence-corrected chi connectivity index (χ3v) is 1.42. The molecule has 0 radical (unpaired) electrons. The zero-order valence-corrected chi connectivity index (χ0v) is 5.45. The molecule has 0 aliphatic carbocycles. The molecule has 0 spiro atoms. The molecule has 1 saturated heterocycles. The minimum Gasteiger partial charge on any atom is -0.464 e. The van der Waals surface area contributed by atoms with Gasteiger partial charge < -0.3 is 10.2 Å². The summed E-state index contributed by atoms with van der Waals surface area (Å²) in [6.45, 7) is 0.986. The van der Waals surface area contributed by atoms with Gasteiger partial charge in [0, 0.05) is 13.1 Å². The number of carboxylic acid groups (broad SMARTS) is 1. The molecule has 1 aliphatic rings. The van der Waals surface area contributed by atoms with E-state index in [2.05, 4.69) is 5.43 Å². The number of hydrogen-bond acceptors (Lipinski definition) is 3. The van der Waals surface area contributed by atoms with Crippen LogP contribution in [0.15, 0.2) is 0 Å². The van der Waals surface area contributed by atoms with E-state index in [1.807, 2.05) is 0 Å². The lowest BCUT2D eigenvalue weighted by molar-refractivity contribution is 0.135. The van der Waals surface area contributed by atoms with Crippen molar-refractivity contribution < 1.29 is 15.0 Å². The highest BCUT2D eigenvalue weighted by Gasteiger charge is 2.20. The van der Waals surface area contributed by atoms with Gasteiger partial charge in [0.2, 0.25) is 0 Å². The molecule has 1 fully saturated rings. The Kier molecular flexibility index (Phi) is 2.08. The molecule has 0 bridgehead atoms. The first-order valence-corrected chi connectivity index (χ1v) is 3.11. The number of hydrazine groups is 1. The van der Waals surface area contributed by atoms with Crippen molar-refractivity contribution in [3.63, 3.8) is 0 Å². The zero-order valence-electron chi connectivity index (χ0n) is 5.45. The fourth-order valence-corrected chi connectivity index (χ4v) is 0.979. The van der Waals surface area contributed by atoms with Gasteiger partial charge >= 0.3 is 6.09 Å². The third-order valence-electron chi connectivity index (χ3n) is 1.42. The van der Waals surface area contributed by atoms with Crippen LogP contribution in [0.25, 0.3) is 0 Å². The van der Waals surface area contributed by atoms with Gasteiger partial charge in [-0.3, -0.25) is 5.43 Å². The number of aliphatic hydroxyl groups excluding tert-OH is 1. The zero-order chi connectivity index (χ0) is 7.56. The summed E-state index contributed by atoms with van der Waals surface area (Å²) in [5.74, 6) is 0. The van der Waals surface area contributed by atoms with Gasteiger partial charge in [-0.25, -0.2) is 9.80 Å². The Labute approximate surface area is 58.2 Å². The molecule has 0 aromatic rings. The topological polar surface area (TPSA) is 72.8 Å². The highest BCUT2D eigenvalue weighted by atomic mass is 16.4. The Balaban J connectivity index is 2.24. The summed E-state index contributed by atoms with van der Waals surface area (Å²) >= 11 is 0. The van der Waals surface area contributed by atoms with Crippen LogP contribution in [0.4, 0.5) is 4.79 Å². The summed E-state index contributed by atoms with van der Waals surface area (Å²) in [6.07, 6.45) is -0.818. The molecule has 3 N–H and O–H groups in total. The average molecular weight is 146 g/mol. The van der Waals surface area contributed by atoms with E-state index < -0.39 is 6.09 Å². The molecular formula is C5H10N2O3. The van der Waals surface area contributed by atoms with Crippen molar-refractivity contribution in [2.75, 3.05) is 13.1 Å². The maximum Gasteiger partial charge on any atom is 0.419 e. The molecule has 1 rings (SSSR count). The highest BCUT2D eigenvalue weighted by Crippen LogP contribution is 2.04. The van der Waals surface area contributed by atoms with Crippen LogP contribution in [0.1, 0.15) is 6.42 Å². The lowest BCUT2D eigenvalue weighted by Gasteiger charge is -2.12. The van der Waals surface area contributed by atoms with E-state index in [0.717, 1.165) is 0 Å². The maximum atomic E-state index is 10.0.